The average Bonchev–Trinajstić information content (AvgIpc) is 3.94. The van der Waals surface area contributed by atoms with Crippen molar-refractivity contribution in [2.45, 2.75) is 6.92 Å². The number of furan rings is 1. The van der Waals surface area contributed by atoms with Gasteiger partial charge in [-0.05, 0) is 96.0 Å². The maximum atomic E-state index is 6.22. The van der Waals surface area contributed by atoms with Gasteiger partial charge in [0, 0.05) is 54.6 Å². The minimum absolute atomic E-state index is 0.582. The van der Waals surface area contributed by atoms with Gasteiger partial charge in [-0.1, -0.05) is 115 Å². The molecular formula is C53H34N4O. The van der Waals surface area contributed by atoms with Gasteiger partial charge in [-0.2, -0.15) is 0 Å². The number of amidine groups is 1. The summed E-state index contributed by atoms with van der Waals surface area (Å²) in [5, 5.41) is 11.8. The van der Waals surface area contributed by atoms with Crippen LogP contribution < -0.4 is 0 Å². The number of hydrogen-bond acceptors (Lipinski definition) is 2. The molecule has 0 saturated heterocycles. The number of aromatic nitrogens is 2. The first-order valence-electron chi connectivity index (χ1n) is 19.6. The molecule has 0 aliphatic heterocycles. The number of para-hydroxylation sites is 3. The highest BCUT2D eigenvalue weighted by atomic mass is 16.3. The lowest BCUT2D eigenvalue weighted by Crippen LogP contribution is -2.00. The standard InChI is InChI=1S/C53H34N4O/c1-32-36-16-3-4-17-37(36)38-18-5-6-20-40(38)52(32)55-53(54-2)33-14-13-15-34(30-33)56-44-23-10-7-21-41(44)50-46(56)27-28-47-51(50)42-22-8-11-24-45(42)57(47)35-26-29-49-43(31-35)39-19-9-12-25-48(39)58-49/h3-31H,2H2,1H3/b55-53-. The summed E-state index contributed by atoms with van der Waals surface area (Å²) in [5.41, 5.74) is 11.4. The number of aryl methyl sites for hydroxylation is 1. The summed E-state index contributed by atoms with van der Waals surface area (Å²) in [6, 6.07) is 62.4. The molecule has 5 nitrogen and oxygen atoms in total. The SMILES string of the molecule is C=N/C(=N\c1c(C)c2ccccc2c2ccccc12)c1cccc(-n2c3ccccc3c3c4c5ccccc5n(-c5ccc6oc7ccccc7c6c5)c4ccc32)c1. The van der Waals surface area contributed by atoms with E-state index < -0.39 is 0 Å². The number of fused-ring (bicyclic) bond motifs is 13. The maximum Gasteiger partial charge on any atom is 0.159 e. The van der Waals surface area contributed by atoms with Crippen molar-refractivity contribution in [2.75, 3.05) is 0 Å². The molecular weight excluding hydrogens is 709 g/mol. The van der Waals surface area contributed by atoms with E-state index in [1.165, 1.54) is 37.7 Å². The van der Waals surface area contributed by atoms with Crippen molar-refractivity contribution in [2.24, 2.45) is 9.98 Å². The molecule has 0 fully saturated rings. The summed E-state index contributed by atoms with van der Waals surface area (Å²) in [6.45, 7) is 6.17. The molecule has 0 aliphatic rings. The van der Waals surface area contributed by atoms with Crippen molar-refractivity contribution < 1.29 is 4.42 Å². The molecule has 5 heteroatoms. The van der Waals surface area contributed by atoms with Crippen LogP contribution in [-0.2, 0) is 0 Å². The molecule has 0 radical (unpaired) electrons. The van der Waals surface area contributed by atoms with Gasteiger partial charge < -0.3 is 13.6 Å². The highest BCUT2D eigenvalue weighted by Crippen LogP contribution is 2.43. The van der Waals surface area contributed by atoms with Gasteiger partial charge in [0.05, 0.1) is 27.8 Å². The zero-order valence-electron chi connectivity index (χ0n) is 31.6. The van der Waals surface area contributed by atoms with E-state index in [2.05, 4.69) is 192 Å². The fourth-order valence-electron chi connectivity index (χ4n) is 9.45. The van der Waals surface area contributed by atoms with E-state index in [1.807, 2.05) is 12.1 Å². The minimum Gasteiger partial charge on any atom is -0.456 e. The minimum atomic E-state index is 0.582. The molecule has 3 heterocycles. The van der Waals surface area contributed by atoms with Crippen LogP contribution in [0.15, 0.2) is 190 Å². The van der Waals surface area contributed by atoms with Crippen LogP contribution in [0.5, 0.6) is 0 Å². The molecule has 58 heavy (non-hydrogen) atoms. The number of benzene rings is 9. The Kier molecular flexibility index (Phi) is 6.93. The first-order valence-corrected chi connectivity index (χ1v) is 19.6. The largest absolute Gasteiger partial charge is 0.456 e. The van der Waals surface area contributed by atoms with Crippen LogP contribution >= 0.6 is 0 Å². The van der Waals surface area contributed by atoms with E-state index in [-0.39, 0.29) is 0 Å². The predicted molar refractivity (Wildman–Crippen MR) is 244 cm³/mol. The number of aliphatic imine (C=N–C) groups is 2. The van der Waals surface area contributed by atoms with E-state index in [0.717, 1.165) is 77.6 Å². The highest BCUT2D eigenvalue weighted by molar-refractivity contribution is 6.29. The Morgan fingerprint density at radius 1 is 0.448 bits per heavy atom. The van der Waals surface area contributed by atoms with Gasteiger partial charge in [0.1, 0.15) is 11.2 Å². The number of rotatable bonds is 4. The van der Waals surface area contributed by atoms with Gasteiger partial charge in [-0.3, -0.25) is 0 Å². The molecule has 9 aromatic carbocycles. The van der Waals surface area contributed by atoms with Crippen LogP contribution in [0.2, 0.25) is 0 Å². The predicted octanol–water partition coefficient (Wildman–Crippen LogP) is 14.2. The molecule has 0 unspecified atom stereocenters. The molecule has 12 aromatic rings. The van der Waals surface area contributed by atoms with E-state index in [4.69, 9.17) is 9.41 Å². The molecule has 0 N–H and O–H groups in total. The van der Waals surface area contributed by atoms with Crippen molar-refractivity contribution in [3.63, 3.8) is 0 Å². The van der Waals surface area contributed by atoms with Crippen molar-refractivity contribution in [1.82, 2.24) is 9.13 Å². The first kappa shape index (κ1) is 32.5. The van der Waals surface area contributed by atoms with Gasteiger partial charge in [0.15, 0.2) is 5.84 Å². The molecule has 0 atom stereocenters. The Balaban J connectivity index is 1.08. The van der Waals surface area contributed by atoms with E-state index in [9.17, 15) is 0 Å². The molecule has 0 bridgehead atoms. The smallest absolute Gasteiger partial charge is 0.159 e. The Morgan fingerprint density at radius 3 is 1.66 bits per heavy atom. The van der Waals surface area contributed by atoms with Crippen molar-refractivity contribution in [1.29, 1.82) is 0 Å². The fourth-order valence-corrected chi connectivity index (χ4v) is 9.45. The second-order valence-corrected chi connectivity index (χ2v) is 15.0. The zero-order chi connectivity index (χ0) is 38.5. The van der Waals surface area contributed by atoms with Crippen LogP contribution in [0.3, 0.4) is 0 Å². The van der Waals surface area contributed by atoms with Crippen molar-refractivity contribution in [3.05, 3.63) is 187 Å². The quantitative estimate of drug-likeness (QED) is 0.101. The summed E-state index contributed by atoms with van der Waals surface area (Å²) in [4.78, 5) is 9.83. The molecule has 0 saturated carbocycles. The lowest BCUT2D eigenvalue weighted by molar-refractivity contribution is 0.669. The molecule has 0 spiro atoms. The normalized spacial score (nSPS) is 12.4. The fraction of sp³-hybridized carbons (Fsp3) is 0.0189. The molecule has 12 rings (SSSR count). The summed E-state index contributed by atoms with van der Waals surface area (Å²) < 4.78 is 11.0. The Bertz CT molecular complexity index is 3730. The van der Waals surface area contributed by atoms with Crippen LogP contribution in [0.1, 0.15) is 11.1 Å². The van der Waals surface area contributed by atoms with Crippen molar-refractivity contribution >= 4 is 105 Å². The molecule has 3 aromatic heterocycles. The lowest BCUT2D eigenvalue weighted by Gasteiger charge is -2.13. The van der Waals surface area contributed by atoms with Crippen LogP contribution in [0.25, 0.3) is 98.5 Å². The van der Waals surface area contributed by atoms with E-state index >= 15 is 0 Å². The van der Waals surface area contributed by atoms with Crippen LogP contribution in [0.4, 0.5) is 5.69 Å². The molecule has 272 valence electrons. The second-order valence-electron chi connectivity index (χ2n) is 15.0. The topological polar surface area (TPSA) is 47.7 Å². The van der Waals surface area contributed by atoms with Crippen LogP contribution in [0, 0.1) is 6.92 Å². The summed E-state index contributed by atoms with van der Waals surface area (Å²) in [6.07, 6.45) is 0. The van der Waals surface area contributed by atoms with Gasteiger partial charge in [0.2, 0.25) is 0 Å². The second kappa shape index (κ2) is 12.4. The van der Waals surface area contributed by atoms with Gasteiger partial charge in [-0.15, -0.1) is 0 Å². The van der Waals surface area contributed by atoms with E-state index in [1.54, 1.807) is 0 Å². The monoisotopic (exact) mass is 742 g/mol. The summed E-state index contributed by atoms with van der Waals surface area (Å²) in [7, 11) is 0. The third-order valence-electron chi connectivity index (χ3n) is 12.0. The highest BCUT2D eigenvalue weighted by Gasteiger charge is 2.21. The Morgan fingerprint density at radius 2 is 0.983 bits per heavy atom. The molecule has 0 amide bonds. The molecule has 0 aliphatic carbocycles. The summed E-state index contributed by atoms with van der Waals surface area (Å²) >= 11 is 0. The van der Waals surface area contributed by atoms with Gasteiger partial charge >= 0.3 is 0 Å². The third-order valence-corrected chi connectivity index (χ3v) is 12.0. The first-order chi connectivity index (χ1) is 28.7. The number of hydrogen-bond donors (Lipinski definition) is 0. The van der Waals surface area contributed by atoms with Crippen molar-refractivity contribution in [3.8, 4) is 11.4 Å². The lowest BCUT2D eigenvalue weighted by atomic mass is 9.96. The Labute approximate surface area is 333 Å². The third kappa shape index (κ3) is 4.58. The summed E-state index contributed by atoms with van der Waals surface area (Å²) in [5.74, 6) is 0.582. The average molecular weight is 743 g/mol. The van der Waals surface area contributed by atoms with Gasteiger partial charge in [0.25, 0.3) is 0 Å². The Hall–Kier alpha value is -7.76. The maximum absolute atomic E-state index is 6.22. The zero-order valence-corrected chi connectivity index (χ0v) is 31.6. The van der Waals surface area contributed by atoms with Crippen LogP contribution in [-0.4, -0.2) is 21.7 Å². The van der Waals surface area contributed by atoms with Gasteiger partial charge in [-0.25, -0.2) is 9.98 Å². The number of nitrogens with zero attached hydrogens (tertiary/aromatic N) is 4. The van der Waals surface area contributed by atoms with E-state index in [0.29, 0.717) is 5.84 Å².